The van der Waals surface area contributed by atoms with Crippen LogP contribution < -0.4 is 10.2 Å². The lowest BCUT2D eigenvalue weighted by molar-refractivity contribution is 0.189. The molecular weight excluding hydrogens is 463 g/mol. The van der Waals surface area contributed by atoms with E-state index in [1.807, 2.05) is 19.6 Å². The van der Waals surface area contributed by atoms with Gasteiger partial charge in [-0.3, -0.25) is 4.99 Å². The topological polar surface area (TPSA) is 48.7 Å². The summed E-state index contributed by atoms with van der Waals surface area (Å²) in [6.45, 7) is 7.41. The number of para-hydroxylation sites is 1. The van der Waals surface area contributed by atoms with Gasteiger partial charge in [-0.2, -0.15) is 0 Å². The van der Waals surface area contributed by atoms with E-state index in [4.69, 9.17) is 0 Å². The highest BCUT2D eigenvalue weighted by atomic mass is 127. The van der Waals surface area contributed by atoms with Gasteiger partial charge in [0.1, 0.15) is 0 Å². The Kier molecular flexibility index (Phi) is 8.59. The smallest absolute Gasteiger partial charge is 0.193 e. The van der Waals surface area contributed by atoms with Gasteiger partial charge >= 0.3 is 0 Å². The second kappa shape index (κ2) is 10.7. The molecule has 3 rings (SSSR count). The second-order valence-corrected chi connectivity index (χ2v) is 7.51. The molecule has 1 aromatic carbocycles. The van der Waals surface area contributed by atoms with Gasteiger partial charge in [0.25, 0.3) is 0 Å². The summed E-state index contributed by atoms with van der Waals surface area (Å²) in [4.78, 5) is 13.4. The first kappa shape index (κ1) is 22.5. The fourth-order valence-electron chi connectivity index (χ4n) is 3.72. The molecule has 1 N–H and O–H groups in total. The van der Waals surface area contributed by atoms with Gasteiger partial charge in [-0.25, -0.2) is 4.98 Å². The summed E-state index contributed by atoms with van der Waals surface area (Å²) in [7, 11) is 4.01. The third-order valence-corrected chi connectivity index (χ3v) is 5.72. The molecule has 0 spiro atoms. The van der Waals surface area contributed by atoms with E-state index in [0.29, 0.717) is 18.0 Å². The molecule has 3 atom stereocenters. The highest BCUT2D eigenvalue weighted by molar-refractivity contribution is 14.0. The average Bonchev–Trinajstić information content (AvgIpc) is 3.24. The van der Waals surface area contributed by atoms with Crippen LogP contribution in [-0.4, -0.2) is 60.2 Å². The van der Waals surface area contributed by atoms with E-state index in [1.165, 1.54) is 5.69 Å². The minimum absolute atomic E-state index is 0. The number of imidazole rings is 1. The predicted octanol–water partition coefficient (Wildman–Crippen LogP) is 3.48. The minimum Gasteiger partial charge on any atom is -0.370 e. The van der Waals surface area contributed by atoms with Gasteiger partial charge in [0.05, 0.1) is 12.4 Å². The fraction of sp³-hybridized carbons (Fsp3) is 0.524. The molecule has 1 fully saturated rings. The number of aromatic nitrogens is 2. The third kappa shape index (κ3) is 5.40. The maximum absolute atomic E-state index is 4.54. The minimum atomic E-state index is 0. The highest BCUT2D eigenvalue weighted by Crippen LogP contribution is 2.27. The quantitative estimate of drug-likeness (QED) is 0.391. The number of aliphatic imine (C=N–C) groups is 1. The van der Waals surface area contributed by atoms with E-state index in [9.17, 15) is 0 Å². The van der Waals surface area contributed by atoms with Crippen molar-refractivity contribution in [3.8, 4) is 0 Å². The molecule has 1 saturated heterocycles. The number of halogens is 1. The maximum atomic E-state index is 4.54. The van der Waals surface area contributed by atoms with Crippen molar-refractivity contribution in [1.29, 1.82) is 0 Å². The van der Waals surface area contributed by atoms with E-state index < -0.39 is 0 Å². The van der Waals surface area contributed by atoms with E-state index >= 15 is 0 Å². The largest absolute Gasteiger partial charge is 0.370 e. The van der Waals surface area contributed by atoms with Crippen molar-refractivity contribution in [1.82, 2.24) is 19.8 Å². The van der Waals surface area contributed by atoms with Crippen molar-refractivity contribution in [2.75, 3.05) is 38.6 Å². The Morgan fingerprint density at radius 2 is 2.11 bits per heavy atom. The van der Waals surface area contributed by atoms with Gasteiger partial charge in [0.2, 0.25) is 0 Å². The molecule has 0 aliphatic carbocycles. The van der Waals surface area contributed by atoms with Crippen LogP contribution in [0, 0.1) is 5.92 Å². The second-order valence-electron chi connectivity index (χ2n) is 7.51. The molecule has 1 aromatic heterocycles. The molecule has 7 heteroatoms. The summed E-state index contributed by atoms with van der Waals surface area (Å²) in [6, 6.07) is 11.3. The molecule has 0 amide bonds. The van der Waals surface area contributed by atoms with Crippen LogP contribution in [0.1, 0.15) is 26.3 Å². The van der Waals surface area contributed by atoms with Crippen LogP contribution >= 0.6 is 24.0 Å². The molecule has 1 aliphatic rings. The molecule has 0 saturated carbocycles. The summed E-state index contributed by atoms with van der Waals surface area (Å²) in [5.74, 6) is 1.62. The lowest BCUT2D eigenvalue weighted by Crippen LogP contribution is -2.51. The number of rotatable bonds is 5. The van der Waals surface area contributed by atoms with E-state index in [1.54, 1.807) is 0 Å². The lowest BCUT2D eigenvalue weighted by atomic mass is 9.93. The van der Waals surface area contributed by atoms with Crippen LogP contribution in [0.25, 0.3) is 0 Å². The van der Waals surface area contributed by atoms with Crippen LogP contribution in [0.5, 0.6) is 0 Å². The predicted molar refractivity (Wildman–Crippen MR) is 128 cm³/mol. The van der Waals surface area contributed by atoms with Crippen molar-refractivity contribution < 1.29 is 0 Å². The number of anilines is 1. The first-order chi connectivity index (χ1) is 13.1. The number of nitrogens with zero attached hydrogens (tertiary/aromatic N) is 5. The summed E-state index contributed by atoms with van der Waals surface area (Å²) in [6.07, 6.45) is 7.01. The normalized spacial score (nSPS) is 21.0. The first-order valence-electron chi connectivity index (χ1n) is 9.81. The zero-order chi connectivity index (χ0) is 19.2. The molecule has 6 nitrogen and oxygen atoms in total. The van der Waals surface area contributed by atoms with Crippen molar-refractivity contribution >= 4 is 35.6 Å². The number of benzene rings is 1. The van der Waals surface area contributed by atoms with E-state index in [-0.39, 0.29) is 24.0 Å². The molecule has 2 heterocycles. The Labute approximate surface area is 186 Å². The van der Waals surface area contributed by atoms with Crippen molar-refractivity contribution in [3.05, 3.63) is 49.1 Å². The zero-order valence-corrected chi connectivity index (χ0v) is 19.7. The van der Waals surface area contributed by atoms with Crippen LogP contribution in [0.3, 0.4) is 0 Å². The van der Waals surface area contributed by atoms with E-state index in [0.717, 1.165) is 32.0 Å². The molecule has 0 bridgehead atoms. The number of hydrogen-bond donors (Lipinski definition) is 1. The molecule has 0 radical (unpaired) electrons. The number of piperidine rings is 1. The molecule has 1 aliphatic heterocycles. The van der Waals surface area contributed by atoms with Gasteiger partial charge in [0.15, 0.2) is 5.96 Å². The molecule has 3 unspecified atom stereocenters. The maximum Gasteiger partial charge on any atom is 0.193 e. The van der Waals surface area contributed by atoms with Crippen LogP contribution in [0.4, 0.5) is 5.69 Å². The Morgan fingerprint density at radius 3 is 2.75 bits per heavy atom. The number of guanidine groups is 1. The molecule has 2 aromatic rings. The van der Waals surface area contributed by atoms with Gasteiger partial charge in [-0.15, -0.1) is 24.0 Å². The zero-order valence-electron chi connectivity index (χ0n) is 17.3. The van der Waals surface area contributed by atoms with Gasteiger partial charge in [0, 0.05) is 57.9 Å². The first-order valence-corrected chi connectivity index (χ1v) is 9.81. The summed E-state index contributed by atoms with van der Waals surface area (Å²) < 4.78 is 2.23. The van der Waals surface area contributed by atoms with E-state index in [2.05, 4.69) is 87.1 Å². The van der Waals surface area contributed by atoms with Crippen molar-refractivity contribution in [3.63, 3.8) is 0 Å². The SMILES string of the molecule is CN=C(NCC(C)N(C)c1ccccc1)N1CCC(C)C(n2ccnc2)C1.I. The third-order valence-electron chi connectivity index (χ3n) is 5.72. The van der Waals surface area contributed by atoms with Crippen molar-refractivity contribution in [2.24, 2.45) is 10.9 Å². The molecule has 28 heavy (non-hydrogen) atoms. The Balaban J connectivity index is 0.00000280. The monoisotopic (exact) mass is 496 g/mol. The van der Waals surface area contributed by atoms with Crippen LogP contribution in [0.15, 0.2) is 54.0 Å². The molecule has 154 valence electrons. The summed E-state index contributed by atoms with van der Waals surface area (Å²) in [5.41, 5.74) is 1.23. The number of hydrogen-bond acceptors (Lipinski definition) is 3. The van der Waals surface area contributed by atoms with Crippen molar-refractivity contribution in [2.45, 2.75) is 32.4 Å². The lowest BCUT2D eigenvalue weighted by Gasteiger charge is -2.39. The fourth-order valence-corrected chi connectivity index (χ4v) is 3.72. The van der Waals surface area contributed by atoms with Gasteiger partial charge < -0.3 is 19.7 Å². The van der Waals surface area contributed by atoms with Crippen LogP contribution in [-0.2, 0) is 0 Å². The number of likely N-dealkylation sites (N-methyl/N-ethyl adjacent to an activating group) is 1. The summed E-state index contributed by atoms with van der Waals surface area (Å²) in [5, 5.41) is 3.58. The standard InChI is InChI=1S/C21H32N6.HI/c1-17-10-12-26(15-20(17)27-13-11-23-16-27)21(22-3)24-14-18(2)25(4)19-8-6-5-7-9-19;/h5-9,11,13,16-18,20H,10,12,14-15H2,1-4H3,(H,22,24);1H. The van der Waals surface area contributed by atoms with Gasteiger partial charge in [-0.1, -0.05) is 25.1 Å². The Bertz CT molecular complexity index is 718. The number of likely N-dealkylation sites (tertiary alicyclic amines) is 1. The summed E-state index contributed by atoms with van der Waals surface area (Å²) >= 11 is 0. The molecular formula is C21H33IN6. The average molecular weight is 496 g/mol. The Morgan fingerprint density at radius 1 is 1.36 bits per heavy atom. The highest BCUT2D eigenvalue weighted by Gasteiger charge is 2.29. The van der Waals surface area contributed by atoms with Gasteiger partial charge in [-0.05, 0) is 31.4 Å². The Hall–Kier alpha value is -1.77. The number of nitrogens with one attached hydrogen (secondary N) is 1. The van der Waals surface area contributed by atoms with Crippen LogP contribution in [0.2, 0.25) is 0 Å².